The summed E-state index contributed by atoms with van der Waals surface area (Å²) in [6.07, 6.45) is 0. The Bertz CT molecular complexity index is 603. The molecule has 0 spiro atoms. The van der Waals surface area contributed by atoms with Gasteiger partial charge < -0.3 is 15.0 Å². The second-order valence-electron chi connectivity index (χ2n) is 4.76. The quantitative estimate of drug-likeness (QED) is 0.792. The highest BCUT2D eigenvalue weighted by atomic mass is 16.5. The molecule has 0 fully saturated rings. The molecule has 1 aromatic heterocycles. The van der Waals surface area contributed by atoms with Crippen molar-refractivity contribution in [3.8, 4) is 11.3 Å². The second-order valence-corrected chi connectivity index (χ2v) is 4.76. The number of aromatic amines is 1. The molecule has 0 radical (unpaired) electrons. The molecule has 2 N–H and O–H groups in total. The maximum absolute atomic E-state index is 12.0. The van der Waals surface area contributed by atoms with Crippen LogP contribution in [0.2, 0.25) is 0 Å². The largest absolute Gasteiger partial charge is 0.383 e. The van der Waals surface area contributed by atoms with Crippen LogP contribution >= 0.6 is 0 Å². The number of rotatable bonds is 6. The molecule has 20 heavy (non-hydrogen) atoms. The summed E-state index contributed by atoms with van der Waals surface area (Å²) in [5, 5.41) is 3.17. The summed E-state index contributed by atoms with van der Waals surface area (Å²) in [6.45, 7) is 3.96. The predicted octanol–water partition coefficient (Wildman–Crippen LogP) is 2.09. The molecule has 1 heterocycles. The van der Waals surface area contributed by atoms with Gasteiger partial charge in [0.1, 0.15) is 0 Å². The number of aryl methyl sites for hydroxylation is 1. The number of aromatic nitrogens is 1. The van der Waals surface area contributed by atoms with Gasteiger partial charge in [-0.3, -0.25) is 4.79 Å². The van der Waals surface area contributed by atoms with E-state index in [2.05, 4.69) is 10.3 Å². The molecule has 0 bridgehead atoms. The molecule has 106 valence electrons. The van der Waals surface area contributed by atoms with Crippen molar-refractivity contribution in [2.24, 2.45) is 0 Å². The summed E-state index contributed by atoms with van der Waals surface area (Å²) in [5.74, 6) is 0. The SMILES string of the molecule is COCCNCc1ccc(-c2ccc(C)cc2)[nH]c1=O. The molecule has 1 aromatic carbocycles. The van der Waals surface area contributed by atoms with Crippen LogP contribution in [0.3, 0.4) is 0 Å². The van der Waals surface area contributed by atoms with E-state index >= 15 is 0 Å². The minimum absolute atomic E-state index is 0.0482. The fourth-order valence-corrected chi connectivity index (χ4v) is 1.94. The normalized spacial score (nSPS) is 10.7. The molecule has 0 saturated carbocycles. The first-order valence-electron chi connectivity index (χ1n) is 6.69. The Morgan fingerprint density at radius 1 is 1.15 bits per heavy atom. The van der Waals surface area contributed by atoms with Gasteiger partial charge in [0.25, 0.3) is 5.56 Å². The number of hydrogen-bond donors (Lipinski definition) is 2. The van der Waals surface area contributed by atoms with Gasteiger partial charge in [-0.2, -0.15) is 0 Å². The lowest BCUT2D eigenvalue weighted by Crippen LogP contribution is -2.23. The fourth-order valence-electron chi connectivity index (χ4n) is 1.94. The van der Waals surface area contributed by atoms with Crippen LogP contribution in [0.1, 0.15) is 11.1 Å². The summed E-state index contributed by atoms with van der Waals surface area (Å²) >= 11 is 0. The van der Waals surface area contributed by atoms with Crippen LogP contribution in [-0.4, -0.2) is 25.2 Å². The smallest absolute Gasteiger partial charge is 0.252 e. The van der Waals surface area contributed by atoms with E-state index in [0.29, 0.717) is 13.2 Å². The molecule has 0 saturated heterocycles. The van der Waals surface area contributed by atoms with Gasteiger partial charge in [0, 0.05) is 31.5 Å². The van der Waals surface area contributed by atoms with Crippen molar-refractivity contribution in [3.63, 3.8) is 0 Å². The van der Waals surface area contributed by atoms with Gasteiger partial charge in [0.15, 0.2) is 0 Å². The zero-order valence-electron chi connectivity index (χ0n) is 11.9. The third-order valence-corrected chi connectivity index (χ3v) is 3.15. The highest BCUT2D eigenvalue weighted by Crippen LogP contribution is 2.16. The van der Waals surface area contributed by atoms with Crippen LogP contribution in [0.15, 0.2) is 41.2 Å². The zero-order chi connectivity index (χ0) is 14.4. The molecule has 2 rings (SSSR count). The molecule has 4 heteroatoms. The first-order chi connectivity index (χ1) is 9.70. The number of benzene rings is 1. The van der Waals surface area contributed by atoms with E-state index < -0.39 is 0 Å². The second kappa shape index (κ2) is 7.03. The fraction of sp³-hybridized carbons (Fsp3) is 0.312. The molecular weight excluding hydrogens is 252 g/mol. The van der Waals surface area contributed by atoms with Crippen molar-refractivity contribution in [3.05, 3.63) is 57.9 Å². The monoisotopic (exact) mass is 272 g/mol. The molecular formula is C16H20N2O2. The van der Waals surface area contributed by atoms with Crippen LogP contribution in [0, 0.1) is 6.92 Å². The van der Waals surface area contributed by atoms with Gasteiger partial charge in [-0.15, -0.1) is 0 Å². The summed E-state index contributed by atoms with van der Waals surface area (Å²) in [5.41, 5.74) is 3.75. The van der Waals surface area contributed by atoms with Crippen molar-refractivity contribution in [2.45, 2.75) is 13.5 Å². The van der Waals surface area contributed by atoms with Crippen LogP contribution in [0.5, 0.6) is 0 Å². The average Bonchev–Trinajstić information content (AvgIpc) is 2.46. The van der Waals surface area contributed by atoms with E-state index in [0.717, 1.165) is 23.4 Å². The molecule has 0 aliphatic heterocycles. The van der Waals surface area contributed by atoms with Crippen molar-refractivity contribution in [2.75, 3.05) is 20.3 Å². The first-order valence-corrected chi connectivity index (χ1v) is 6.69. The van der Waals surface area contributed by atoms with Crippen molar-refractivity contribution in [1.29, 1.82) is 0 Å². The number of methoxy groups -OCH3 is 1. The van der Waals surface area contributed by atoms with E-state index in [1.807, 2.05) is 43.3 Å². The molecule has 0 unspecified atom stereocenters. The Kier molecular flexibility index (Phi) is 5.09. The van der Waals surface area contributed by atoms with Gasteiger partial charge in [-0.05, 0) is 18.6 Å². The molecule has 0 aliphatic rings. The highest BCUT2D eigenvalue weighted by Gasteiger charge is 2.03. The topological polar surface area (TPSA) is 54.1 Å². The van der Waals surface area contributed by atoms with E-state index in [4.69, 9.17) is 4.74 Å². The van der Waals surface area contributed by atoms with Crippen LogP contribution in [0.25, 0.3) is 11.3 Å². The molecule has 0 aliphatic carbocycles. The number of pyridine rings is 1. The van der Waals surface area contributed by atoms with Crippen LogP contribution in [-0.2, 0) is 11.3 Å². The molecule has 2 aromatic rings. The predicted molar refractivity (Wildman–Crippen MR) is 80.8 cm³/mol. The average molecular weight is 272 g/mol. The molecule has 0 atom stereocenters. The lowest BCUT2D eigenvalue weighted by Gasteiger charge is -2.06. The number of nitrogens with one attached hydrogen (secondary N) is 2. The third-order valence-electron chi connectivity index (χ3n) is 3.15. The van der Waals surface area contributed by atoms with Crippen LogP contribution < -0.4 is 10.9 Å². The Hall–Kier alpha value is -1.91. The Labute approximate surface area is 118 Å². The Morgan fingerprint density at radius 3 is 2.55 bits per heavy atom. The number of ether oxygens (including phenoxy) is 1. The minimum atomic E-state index is -0.0482. The lowest BCUT2D eigenvalue weighted by molar-refractivity contribution is 0.199. The Morgan fingerprint density at radius 2 is 1.90 bits per heavy atom. The van der Waals surface area contributed by atoms with Gasteiger partial charge in [-0.1, -0.05) is 35.9 Å². The molecule has 0 amide bonds. The van der Waals surface area contributed by atoms with Crippen molar-refractivity contribution < 1.29 is 4.74 Å². The van der Waals surface area contributed by atoms with Gasteiger partial charge in [0.2, 0.25) is 0 Å². The summed E-state index contributed by atoms with van der Waals surface area (Å²) in [7, 11) is 1.66. The Balaban J connectivity index is 2.09. The van der Waals surface area contributed by atoms with Crippen LogP contribution in [0.4, 0.5) is 0 Å². The maximum Gasteiger partial charge on any atom is 0.252 e. The highest BCUT2D eigenvalue weighted by molar-refractivity contribution is 5.59. The van der Waals surface area contributed by atoms with E-state index in [9.17, 15) is 4.79 Å². The van der Waals surface area contributed by atoms with Gasteiger partial charge in [-0.25, -0.2) is 0 Å². The lowest BCUT2D eigenvalue weighted by atomic mass is 10.1. The standard InChI is InChI=1S/C16H20N2O2/c1-12-3-5-13(6-4-12)15-8-7-14(16(19)18-15)11-17-9-10-20-2/h3-8,17H,9-11H2,1-2H3,(H,18,19). The minimum Gasteiger partial charge on any atom is -0.383 e. The van der Waals surface area contributed by atoms with Gasteiger partial charge >= 0.3 is 0 Å². The third kappa shape index (κ3) is 3.79. The zero-order valence-corrected chi connectivity index (χ0v) is 11.9. The first kappa shape index (κ1) is 14.5. The van der Waals surface area contributed by atoms with E-state index in [-0.39, 0.29) is 5.56 Å². The summed E-state index contributed by atoms with van der Waals surface area (Å²) < 4.78 is 4.95. The summed E-state index contributed by atoms with van der Waals surface area (Å²) in [4.78, 5) is 14.9. The maximum atomic E-state index is 12.0. The van der Waals surface area contributed by atoms with Gasteiger partial charge in [0.05, 0.1) is 6.61 Å². The number of hydrogen-bond acceptors (Lipinski definition) is 3. The van der Waals surface area contributed by atoms with Crippen molar-refractivity contribution >= 4 is 0 Å². The number of H-pyrrole nitrogens is 1. The van der Waals surface area contributed by atoms with Crippen molar-refractivity contribution in [1.82, 2.24) is 10.3 Å². The van der Waals surface area contributed by atoms with E-state index in [1.54, 1.807) is 7.11 Å². The summed E-state index contributed by atoms with van der Waals surface area (Å²) in [6, 6.07) is 11.9. The molecule has 4 nitrogen and oxygen atoms in total. The van der Waals surface area contributed by atoms with E-state index in [1.165, 1.54) is 5.56 Å².